The summed E-state index contributed by atoms with van der Waals surface area (Å²) in [5.41, 5.74) is 3.00. The molecule has 1 aromatic carbocycles. The number of rotatable bonds is 6. The Hall–Kier alpha value is -1.69. The zero-order valence-electron chi connectivity index (χ0n) is 19.9. The van der Waals surface area contributed by atoms with E-state index < -0.39 is 16.6 Å². The first-order chi connectivity index (χ1) is 15.9. The number of hydrogen-bond donors (Lipinski definition) is 1. The van der Waals surface area contributed by atoms with Crippen LogP contribution < -0.4 is 14.2 Å². The van der Waals surface area contributed by atoms with Crippen molar-refractivity contribution in [3.63, 3.8) is 0 Å². The first-order valence-corrected chi connectivity index (χ1v) is 12.2. The number of H-pyrrole nitrogens is 1. The molecule has 0 aliphatic carbocycles. The smallest absolute Gasteiger partial charge is 0.197 e. The molecule has 2 aromatic heterocycles. The number of aromatic nitrogens is 3. The van der Waals surface area contributed by atoms with Gasteiger partial charge in [0.05, 0.1) is 53.1 Å². The second kappa shape index (κ2) is 10.5. The number of hydrogen-bond acceptors (Lipinski definition) is 8. The van der Waals surface area contributed by atoms with Gasteiger partial charge in [-0.15, -0.1) is 0 Å². The molecule has 0 saturated carbocycles. The maximum atomic E-state index is 13.1. The maximum absolute atomic E-state index is 13.1. The molecule has 1 radical (unpaired) electrons. The summed E-state index contributed by atoms with van der Waals surface area (Å²) in [5.74, 6) is 1.85. The van der Waals surface area contributed by atoms with E-state index in [1.165, 1.54) is 0 Å². The monoisotopic (exact) mass is 496 g/mol. The minimum absolute atomic E-state index is 0. The van der Waals surface area contributed by atoms with E-state index in [9.17, 15) is 4.21 Å². The second-order valence-electron chi connectivity index (χ2n) is 8.62. The quantitative estimate of drug-likeness (QED) is 0.520. The van der Waals surface area contributed by atoms with Gasteiger partial charge in [0.15, 0.2) is 22.4 Å². The van der Waals surface area contributed by atoms with Gasteiger partial charge in [-0.05, 0) is 26.8 Å². The molecular weight excluding hydrogens is 469 g/mol. The number of aromatic amines is 1. The average molecular weight is 497 g/mol. The fourth-order valence-electron chi connectivity index (χ4n) is 3.72. The van der Waals surface area contributed by atoms with Crippen LogP contribution in [-0.4, -0.2) is 87.5 Å². The minimum Gasteiger partial charge on any atom is -0.493 e. The van der Waals surface area contributed by atoms with Crippen LogP contribution in [0.4, 0.5) is 0 Å². The van der Waals surface area contributed by atoms with Crippen LogP contribution in [-0.2, 0) is 26.0 Å². The summed E-state index contributed by atoms with van der Waals surface area (Å²) >= 11 is 0. The largest absolute Gasteiger partial charge is 0.493 e. The van der Waals surface area contributed by atoms with Crippen LogP contribution in [0.5, 0.6) is 17.2 Å². The first-order valence-electron chi connectivity index (χ1n) is 10.9. The normalized spacial score (nSPS) is 18.3. The van der Waals surface area contributed by atoms with Gasteiger partial charge in [0.1, 0.15) is 19.0 Å². The van der Waals surface area contributed by atoms with Crippen molar-refractivity contribution in [2.24, 2.45) is 5.92 Å². The van der Waals surface area contributed by atoms with Crippen LogP contribution in [0.1, 0.15) is 25.1 Å². The molecule has 2 aliphatic heterocycles. The third-order valence-corrected chi connectivity index (χ3v) is 6.83. The molecule has 1 N–H and O–H groups in total. The molecule has 1 atom stereocenters. The molecule has 1 unspecified atom stereocenters. The summed E-state index contributed by atoms with van der Waals surface area (Å²) in [7, 11) is -1.41. The van der Waals surface area contributed by atoms with Crippen molar-refractivity contribution in [1.82, 2.24) is 15.0 Å². The average Bonchev–Trinajstić information content (AvgIpc) is 3.22. The van der Waals surface area contributed by atoms with Crippen LogP contribution in [0.3, 0.4) is 0 Å². The Kier molecular flexibility index (Phi) is 7.85. The Morgan fingerprint density at radius 3 is 2.62 bits per heavy atom. The zero-order chi connectivity index (χ0) is 23.0. The maximum Gasteiger partial charge on any atom is 0.197 e. The van der Waals surface area contributed by atoms with E-state index in [4.69, 9.17) is 23.7 Å². The van der Waals surface area contributed by atoms with E-state index in [0.717, 1.165) is 11.1 Å². The molecule has 1 fully saturated rings. The zero-order valence-corrected chi connectivity index (χ0v) is 22.7. The van der Waals surface area contributed by atoms with Crippen LogP contribution >= 0.6 is 0 Å². The Bertz CT molecular complexity index is 1150. The van der Waals surface area contributed by atoms with Crippen molar-refractivity contribution in [1.29, 1.82) is 0 Å². The Labute approximate surface area is 222 Å². The summed E-state index contributed by atoms with van der Waals surface area (Å²) < 4.78 is 41.7. The van der Waals surface area contributed by atoms with E-state index in [0.29, 0.717) is 66.7 Å². The third kappa shape index (κ3) is 5.58. The fraction of sp³-hybridized carbons (Fsp3) is 0.478. The molecule has 11 heteroatoms. The molecule has 0 bridgehead atoms. The molecule has 177 valence electrons. The topological polar surface area (TPSA) is 105 Å². The standard InChI is InChI=1S/C23H27N3O6S.Na/c1-14-18(24-5-4-19(14)30-10-15-11-31-23(2,3)32-12-15)13-33(27)22-25-16-8-20-21(9-17(16)26-22)29-7-6-28-20;/h4-5,8-9,15H,6-7,10-13H2,1-3H3,(H,25,26);. The molecule has 0 amide bonds. The summed E-state index contributed by atoms with van der Waals surface area (Å²) in [6, 6.07) is 5.45. The molecular formula is C23H27N3NaO6S. The number of nitrogens with one attached hydrogen (secondary N) is 1. The summed E-state index contributed by atoms with van der Waals surface area (Å²) in [6.45, 7) is 8.38. The molecule has 34 heavy (non-hydrogen) atoms. The molecule has 9 nitrogen and oxygen atoms in total. The third-order valence-electron chi connectivity index (χ3n) is 5.67. The van der Waals surface area contributed by atoms with Gasteiger partial charge in [0.2, 0.25) is 0 Å². The van der Waals surface area contributed by atoms with Gasteiger partial charge in [-0.2, -0.15) is 0 Å². The molecule has 0 spiro atoms. The van der Waals surface area contributed by atoms with E-state index in [2.05, 4.69) is 15.0 Å². The molecule has 3 aromatic rings. The predicted octanol–water partition coefficient (Wildman–Crippen LogP) is 2.74. The number of fused-ring (bicyclic) bond motifs is 2. The van der Waals surface area contributed by atoms with Crippen molar-refractivity contribution >= 4 is 51.4 Å². The van der Waals surface area contributed by atoms with Crippen molar-refractivity contribution in [2.45, 2.75) is 37.5 Å². The first kappa shape index (κ1) is 25.4. The Morgan fingerprint density at radius 2 is 1.88 bits per heavy atom. The van der Waals surface area contributed by atoms with Crippen LogP contribution in [0.25, 0.3) is 11.0 Å². The van der Waals surface area contributed by atoms with Crippen molar-refractivity contribution in [2.75, 3.05) is 33.0 Å². The number of benzene rings is 1. The van der Waals surface area contributed by atoms with Gasteiger partial charge in [-0.25, -0.2) is 4.98 Å². The summed E-state index contributed by atoms with van der Waals surface area (Å²) in [6.07, 6.45) is 1.67. The van der Waals surface area contributed by atoms with Crippen molar-refractivity contribution in [3.8, 4) is 17.2 Å². The van der Waals surface area contributed by atoms with E-state index in [1.807, 2.05) is 32.9 Å². The van der Waals surface area contributed by atoms with Gasteiger partial charge >= 0.3 is 0 Å². The number of nitrogens with zero attached hydrogens (tertiary/aromatic N) is 2. The van der Waals surface area contributed by atoms with Crippen molar-refractivity contribution in [3.05, 3.63) is 35.7 Å². The fourth-order valence-corrected chi connectivity index (χ4v) is 4.82. The molecule has 2 aliphatic rings. The Morgan fingerprint density at radius 1 is 1.18 bits per heavy atom. The predicted molar refractivity (Wildman–Crippen MR) is 127 cm³/mol. The number of imidazole rings is 1. The molecule has 4 heterocycles. The van der Waals surface area contributed by atoms with Crippen LogP contribution in [0.15, 0.2) is 29.6 Å². The summed E-state index contributed by atoms with van der Waals surface area (Å²) in [4.78, 5) is 12.1. The van der Waals surface area contributed by atoms with E-state index in [1.54, 1.807) is 12.3 Å². The summed E-state index contributed by atoms with van der Waals surface area (Å²) in [5, 5.41) is 0.388. The van der Waals surface area contributed by atoms with E-state index >= 15 is 0 Å². The van der Waals surface area contributed by atoms with Crippen molar-refractivity contribution < 1.29 is 27.9 Å². The Balaban J connectivity index is 0.00000274. The molecule has 1 saturated heterocycles. The van der Waals surface area contributed by atoms with Crippen LogP contribution in [0.2, 0.25) is 0 Å². The number of ether oxygens (including phenoxy) is 5. The van der Waals surface area contributed by atoms with Gasteiger partial charge < -0.3 is 28.7 Å². The molecule has 5 rings (SSSR count). The van der Waals surface area contributed by atoms with E-state index in [-0.39, 0.29) is 41.2 Å². The SMILES string of the molecule is Cc1c(OCC2COC(C)(C)OC2)ccnc1CS(=O)c1nc2cc3c(cc2[nH]1)OCCO3.[Na]. The van der Waals surface area contributed by atoms with Crippen LogP contribution in [0, 0.1) is 12.8 Å². The van der Waals surface area contributed by atoms with Gasteiger partial charge in [0.25, 0.3) is 0 Å². The second-order valence-corrected chi connectivity index (χ2v) is 9.99. The van der Waals surface area contributed by atoms with Gasteiger partial charge in [-0.3, -0.25) is 9.19 Å². The number of pyridine rings is 1. The van der Waals surface area contributed by atoms with Gasteiger partial charge in [0, 0.05) is 59.4 Å². The van der Waals surface area contributed by atoms with Gasteiger partial charge in [-0.1, -0.05) is 0 Å². The minimum atomic E-state index is -1.41.